The molecule has 54 heavy (non-hydrogen) atoms. The van der Waals surface area contributed by atoms with Crippen molar-refractivity contribution in [2.75, 3.05) is 41.0 Å². The summed E-state index contributed by atoms with van der Waals surface area (Å²) in [4.78, 5) is 36.9. The Kier molecular flexibility index (Phi) is 34.1. The molecule has 8 heteroatoms. The number of quaternary nitrogens is 1. The number of carbonyl (C=O) groups is 3. The second kappa shape index (κ2) is 36.5. The number of rotatable bonds is 35. The van der Waals surface area contributed by atoms with E-state index in [-0.39, 0.29) is 36.7 Å². The van der Waals surface area contributed by atoms with Crippen molar-refractivity contribution in [2.24, 2.45) is 0 Å². The van der Waals surface area contributed by atoms with Gasteiger partial charge in [0.05, 0.1) is 34.4 Å². The maximum Gasteiger partial charge on any atom is 0.362 e. The Morgan fingerprint density at radius 1 is 0.556 bits per heavy atom. The van der Waals surface area contributed by atoms with Crippen LogP contribution in [0, 0.1) is 0 Å². The van der Waals surface area contributed by atoms with E-state index in [1.807, 2.05) is 33.3 Å². The zero-order chi connectivity index (χ0) is 40.0. The van der Waals surface area contributed by atoms with Crippen LogP contribution in [-0.2, 0) is 28.6 Å². The minimum absolute atomic E-state index is 0.0237. The minimum atomic E-state index is -0.892. The van der Waals surface area contributed by atoms with Crippen molar-refractivity contribution < 1.29 is 38.2 Å². The lowest BCUT2D eigenvalue weighted by Crippen LogP contribution is -2.50. The van der Waals surface area contributed by atoms with E-state index in [1.165, 1.54) is 25.7 Å². The molecule has 0 heterocycles. The van der Waals surface area contributed by atoms with Crippen molar-refractivity contribution in [2.45, 2.75) is 148 Å². The minimum Gasteiger partial charge on any atom is -0.477 e. The van der Waals surface area contributed by atoms with Crippen molar-refractivity contribution in [3.05, 3.63) is 85.1 Å². The van der Waals surface area contributed by atoms with Gasteiger partial charge in [-0.05, 0) is 70.6 Å². The van der Waals surface area contributed by atoms with Gasteiger partial charge in [-0.15, -0.1) is 0 Å². The molecule has 2 atom stereocenters. The Balaban J connectivity index is 4.53. The summed E-state index contributed by atoms with van der Waals surface area (Å²) in [6, 6.07) is -0.632. The fourth-order valence-corrected chi connectivity index (χ4v) is 5.41. The van der Waals surface area contributed by atoms with Gasteiger partial charge in [-0.25, -0.2) is 4.79 Å². The summed E-state index contributed by atoms with van der Waals surface area (Å²) in [5, 5.41) is 9.60. The highest BCUT2D eigenvalue weighted by Gasteiger charge is 2.31. The summed E-state index contributed by atoms with van der Waals surface area (Å²) < 4.78 is 17.1. The molecular weight excluding hydrogens is 679 g/mol. The fraction of sp³-hybridized carbons (Fsp3) is 0.630. The van der Waals surface area contributed by atoms with Gasteiger partial charge in [0.25, 0.3) is 0 Å². The molecule has 2 unspecified atom stereocenters. The van der Waals surface area contributed by atoms with Crippen LogP contribution in [0.5, 0.6) is 0 Å². The lowest BCUT2D eigenvalue weighted by molar-refractivity contribution is -0.887. The number of hydrogen-bond acceptors (Lipinski definition) is 6. The van der Waals surface area contributed by atoms with Crippen LogP contribution in [0.25, 0.3) is 0 Å². The third kappa shape index (κ3) is 34.3. The number of ether oxygens (including phenoxy) is 3. The number of hydrogen-bond donors (Lipinski definition) is 1. The average Bonchev–Trinajstić information content (AvgIpc) is 3.12. The van der Waals surface area contributed by atoms with Crippen LogP contribution in [-0.4, -0.2) is 80.6 Å². The Morgan fingerprint density at radius 3 is 1.52 bits per heavy atom. The molecule has 0 aromatic rings. The van der Waals surface area contributed by atoms with Crippen LogP contribution in [0.3, 0.4) is 0 Å². The monoisotopic (exact) mass is 755 g/mol. The summed E-state index contributed by atoms with van der Waals surface area (Å²) in [5.74, 6) is -1.60. The van der Waals surface area contributed by atoms with Crippen LogP contribution < -0.4 is 0 Å². The highest BCUT2D eigenvalue weighted by molar-refractivity contribution is 5.72. The van der Waals surface area contributed by atoms with Gasteiger partial charge in [-0.3, -0.25) is 9.59 Å². The van der Waals surface area contributed by atoms with Gasteiger partial charge in [0.2, 0.25) is 0 Å². The van der Waals surface area contributed by atoms with Crippen molar-refractivity contribution in [1.82, 2.24) is 0 Å². The first-order valence-corrected chi connectivity index (χ1v) is 20.6. The van der Waals surface area contributed by atoms with E-state index in [9.17, 15) is 19.5 Å². The molecule has 0 spiro atoms. The van der Waals surface area contributed by atoms with Crippen molar-refractivity contribution >= 4 is 17.9 Å². The van der Waals surface area contributed by atoms with Crippen molar-refractivity contribution in [3.63, 3.8) is 0 Å². The molecule has 0 rings (SSSR count). The topological polar surface area (TPSA) is 99.1 Å². The Bertz CT molecular complexity index is 1160. The molecule has 0 amide bonds. The lowest BCUT2D eigenvalue weighted by atomic mass is 10.1. The predicted molar refractivity (Wildman–Crippen MR) is 224 cm³/mol. The van der Waals surface area contributed by atoms with Crippen LogP contribution in [0.4, 0.5) is 0 Å². The molecule has 1 N–H and O–H groups in total. The SMILES string of the molecule is CC/C=C/C/C=C/C/C=C/C/C=C/C/C=C/CCC(=O)OC(COCCC(C(=O)O)[N+](C)(C)C)COC(=O)CCCCCCCCC/C=C/C/C=C/CC. The smallest absolute Gasteiger partial charge is 0.362 e. The van der Waals surface area contributed by atoms with Crippen LogP contribution >= 0.6 is 0 Å². The van der Waals surface area contributed by atoms with Gasteiger partial charge in [0.1, 0.15) is 6.61 Å². The Labute approximate surface area is 329 Å². The molecule has 0 aromatic carbocycles. The van der Waals surface area contributed by atoms with E-state index >= 15 is 0 Å². The van der Waals surface area contributed by atoms with Crippen molar-refractivity contribution in [1.29, 1.82) is 0 Å². The normalized spacial score (nSPS) is 13.9. The number of esters is 2. The maximum atomic E-state index is 12.7. The quantitative estimate of drug-likeness (QED) is 0.0298. The van der Waals surface area contributed by atoms with E-state index in [1.54, 1.807) is 0 Å². The molecule has 8 nitrogen and oxygen atoms in total. The van der Waals surface area contributed by atoms with E-state index in [4.69, 9.17) is 14.2 Å². The van der Waals surface area contributed by atoms with Crippen LogP contribution in [0.1, 0.15) is 136 Å². The summed E-state index contributed by atoms with van der Waals surface area (Å²) >= 11 is 0. The molecule has 0 aliphatic heterocycles. The van der Waals surface area contributed by atoms with Gasteiger partial charge in [0.15, 0.2) is 12.1 Å². The van der Waals surface area contributed by atoms with Gasteiger partial charge < -0.3 is 23.8 Å². The van der Waals surface area contributed by atoms with Crippen LogP contribution in [0.2, 0.25) is 0 Å². The van der Waals surface area contributed by atoms with Gasteiger partial charge >= 0.3 is 17.9 Å². The number of likely N-dealkylation sites (N-methyl/N-ethyl adjacent to an activating group) is 1. The molecule has 0 saturated carbocycles. The molecule has 0 bridgehead atoms. The van der Waals surface area contributed by atoms with E-state index < -0.39 is 24.1 Å². The molecule has 0 saturated heterocycles. The molecule has 0 aliphatic carbocycles. The van der Waals surface area contributed by atoms with E-state index in [2.05, 4.69) is 86.8 Å². The number of aliphatic carboxylic acids is 1. The summed E-state index contributed by atoms with van der Waals surface area (Å²) in [6.07, 6.45) is 46.4. The number of carboxylic acid groups (broad SMARTS) is 1. The molecule has 306 valence electrons. The second-order valence-electron chi connectivity index (χ2n) is 14.5. The van der Waals surface area contributed by atoms with E-state index in [0.29, 0.717) is 19.3 Å². The predicted octanol–water partition coefficient (Wildman–Crippen LogP) is 11.0. The molecule has 0 aromatic heterocycles. The molecule has 0 fully saturated rings. The summed E-state index contributed by atoms with van der Waals surface area (Å²) in [5.41, 5.74) is 0. The summed E-state index contributed by atoms with van der Waals surface area (Å²) in [6.45, 7) is 4.40. The first-order valence-electron chi connectivity index (χ1n) is 20.6. The number of carboxylic acids is 1. The average molecular weight is 755 g/mol. The first kappa shape index (κ1) is 50.5. The Hall–Kier alpha value is -3.49. The zero-order valence-electron chi connectivity index (χ0n) is 34.6. The number of nitrogens with zero attached hydrogens (tertiary/aromatic N) is 1. The maximum absolute atomic E-state index is 12.7. The largest absolute Gasteiger partial charge is 0.477 e. The summed E-state index contributed by atoms with van der Waals surface area (Å²) in [7, 11) is 5.48. The fourth-order valence-electron chi connectivity index (χ4n) is 5.41. The third-order valence-corrected chi connectivity index (χ3v) is 8.55. The number of carbonyl (C=O) groups excluding carboxylic acids is 2. The first-order chi connectivity index (χ1) is 26.1. The van der Waals surface area contributed by atoms with E-state index in [0.717, 1.165) is 70.6 Å². The molecule has 0 aliphatic rings. The van der Waals surface area contributed by atoms with Gasteiger partial charge in [-0.1, -0.05) is 131 Å². The highest BCUT2D eigenvalue weighted by Crippen LogP contribution is 2.12. The molecule has 0 radical (unpaired) electrons. The highest BCUT2D eigenvalue weighted by atomic mass is 16.6. The third-order valence-electron chi connectivity index (χ3n) is 8.55. The lowest BCUT2D eigenvalue weighted by Gasteiger charge is -2.31. The number of allylic oxidation sites excluding steroid dienone is 14. The standard InChI is InChI=1S/C46H75NO7/c1-6-8-10-12-14-16-18-20-22-23-25-27-29-31-33-35-37-45(49)54-42(40-52-39-38-43(46(50)51)47(3,4)5)41-53-44(48)36-34-32-30-28-26-24-21-19-17-15-13-11-9-7-2/h8-11,14-17,20,22,25,27,31,33,42-43H,6-7,12-13,18-19,21,23-24,26,28-30,32,34-41H2,1-5H3/p+1/b10-8+,11-9+,16-14+,17-15+,22-20+,27-25+,33-31+. The number of unbranched alkanes of at least 4 members (excludes halogenated alkanes) is 7. The Morgan fingerprint density at radius 2 is 1.02 bits per heavy atom. The van der Waals surface area contributed by atoms with Crippen molar-refractivity contribution in [3.8, 4) is 0 Å². The second-order valence-corrected chi connectivity index (χ2v) is 14.5. The zero-order valence-corrected chi connectivity index (χ0v) is 34.6. The van der Waals surface area contributed by atoms with Gasteiger partial charge in [0, 0.05) is 19.3 Å². The molecular formula is C46H76NO7+. The van der Waals surface area contributed by atoms with Crippen LogP contribution in [0.15, 0.2) is 85.1 Å². The van der Waals surface area contributed by atoms with Gasteiger partial charge in [-0.2, -0.15) is 0 Å².